The lowest BCUT2D eigenvalue weighted by Crippen LogP contribution is -2.29. The van der Waals surface area contributed by atoms with E-state index in [1.165, 1.54) is 12.1 Å². The summed E-state index contributed by atoms with van der Waals surface area (Å²) >= 11 is 0. The Morgan fingerprint density at radius 2 is 1.88 bits per heavy atom. The van der Waals surface area contributed by atoms with Crippen molar-refractivity contribution in [3.63, 3.8) is 0 Å². The van der Waals surface area contributed by atoms with Gasteiger partial charge in [0.05, 0.1) is 4.90 Å². The first-order chi connectivity index (χ1) is 11.8. The molecule has 1 radical (unpaired) electrons. The first kappa shape index (κ1) is 19.1. The Balaban J connectivity index is 2.25. The molecule has 0 aromatic heterocycles. The van der Waals surface area contributed by atoms with E-state index in [0.29, 0.717) is 18.4 Å². The standard InChI is InChI=1S/C18H19FNO4S/c1-13-4-2-5-14(12-13)17(6-3-7-18(21)22)20-25(23,24)16-10-8-15(19)9-11-16/h2,4-5,8-12,17,20H,1,3,6-7H2,(H,21,22). The zero-order chi connectivity index (χ0) is 18.4. The van der Waals surface area contributed by atoms with Crippen molar-refractivity contribution < 1.29 is 22.7 Å². The molecule has 7 heteroatoms. The third kappa shape index (κ3) is 5.65. The Kier molecular flexibility index (Phi) is 6.27. The van der Waals surface area contributed by atoms with Gasteiger partial charge in [0.2, 0.25) is 10.0 Å². The molecule has 0 aliphatic carbocycles. The highest BCUT2D eigenvalue weighted by Crippen LogP contribution is 2.23. The van der Waals surface area contributed by atoms with E-state index in [1.54, 1.807) is 24.3 Å². The molecule has 25 heavy (non-hydrogen) atoms. The number of nitrogens with one attached hydrogen (secondary N) is 1. The van der Waals surface area contributed by atoms with Gasteiger partial charge in [0.15, 0.2) is 0 Å². The van der Waals surface area contributed by atoms with Crippen LogP contribution in [0, 0.1) is 12.7 Å². The van der Waals surface area contributed by atoms with Gasteiger partial charge in [-0.1, -0.05) is 24.3 Å². The zero-order valence-electron chi connectivity index (χ0n) is 13.5. The van der Waals surface area contributed by atoms with Gasteiger partial charge in [0, 0.05) is 12.5 Å². The summed E-state index contributed by atoms with van der Waals surface area (Å²) in [5.41, 5.74) is 1.42. The first-order valence-corrected chi connectivity index (χ1v) is 9.18. The summed E-state index contributed by atoms with van der Waals surface area (Å²) < 4.78 is 40.7. The zero-order valence-corrected chi connectivity index (χ0v) is 14.3. The molecular weight excluding hydrogens is 345 g/mol. The molecule has 0 saturated carbocycles. The molecule has 2 N–H and O–H groups in total. The van der Waals surface area contributed by atoms with E-state index in [1.807, 2.05) is 0 Å². The summed E-state index contributed by atoms with van der Waals surface area (Å²) in [6.45, 7) is 3.82. The SMILES string of the molecule is [CH2]c1cccc(C(CCCC(=O)O)NS(=O)(=O)c2ccc(F)cc2)c1. The lowest BCUT2D eigenvalue weighted by atomic mass is 10.0. The maximum atomic E-state index is 13.0. The van der Waals surface area contributed by atoms with Gasteiger partial charge >= 0.3 is 5.97 Å². The normalized spacial score (nSPS) is 12.7. The molecule has 0 saturated heterocycles. The van der Waals surface area contributed by atoms with Crippen molar-refractivity contribution in [2.75, 3.05) is 0 Å². The number of rotatable bonds is 8. The highest BCUT2D eigenvalue weighted by Gasteiger charge is 2.21. The molecule has 0 bridgehead atoms. The number of benzene rings is 2. The molecule has 0 amide bonds. The molecule has 133 valence electrons. The van der Waals surface area contributed by atoms with Crippen LogP contribution in [0.25, 0.3) is 0 Å². The van der Waals surface area contributed by atoms with E-state index in [9.17, 15) is 17.6 Å². The van der Waals surface area contributed by atoms with E-state index in [2.05, 4.69) is 11.6 Å². The van der Waals surface area contributed by atoms with Crippen LogP contribution in [-0.4, -0.2) is 19.5 Å². The Morgan fingerprint density at radius 1 is 1.20 bits per heavy atom. The van der Waals surface area contributed by atoms with Crippen molar-refractivity contribution in [2.45, 2.75) is 30.2 Å². The van der Waals surface area contributed by atoms with Crippen LogP contribution < -0.4 is 4.72 Å². The van der Waals surface area contributed by atoms with E-state index in [4.69, 9.17) is 5.11 Å². The topological polar surface area (TPSA) is 83.5 Å². The largest absolute Gasteiger partial charge is 0.481 e. The second-order valence-corrected chi connectivity index (χ2v) is 7.37. The van der Waals surface area contributed by atoms with E-state index >= 15 is 0 Å². The third-order valence-electron chi connectivity index (χ3n) is 3.66. The predicted octanol–water partition coefficient (Wildman–Crippen LogP) is 3.28. The van der Waals surface area contributed by atoms with Crippen molar-refractivity contribution in [1.29, 1.82) is 0 Å². The van der Waals surface area contributed by atoms with Crippen molar-refractivity contribution in [3.05, 3.63) is 72.4 Å². The summed E-state index contributed by atoms with van der Waals surface area (Å²) in [5.74, 6) is -1.47. The highest BCUT2D eigenvalue weighted by molar-refractivity contribution is 7.89. The van der Waals surface area contributed by atoms with Crippen molar-refractivity contribution in [3.8, 4) is 0 Å². The maximum absolute atomic E-state index is 13.0. The molecular formula is C18H19FNO4S. The summed E-state index contributed by atoms with van der Waals surface area (Å²) in [5, 5.41) is 8.79. The molecule has 2 rings (SSSR count). The van der Waals surface area contributed by atoms with Crippen LogP contribution >= 0.6 is 0 Å². The number of carboxylic acids is 1. The van der Waals surface area contributed by atoms with Gasteiger partial charge < -0.3 is 5.11 Å². The van der Waals surface area contributed by atoms with Crippen molar-refractivity contribution in [2.24, 2.45) is 0 Å². The number of aliphatic carboxylic acids is 1. The van der Waals surface area contributed by atoms with E-state index in [0.717, 1.165) is 17.7 Å². The fourth-order valence-corrected chi connectivity index (χ4v) is 3.69. The minimum absolute atomic E-state index is 0.0529. The number of hydrogen-bond donors (Lipinski definition) is 2. The molecule has 0 aliphatic rings. The third-order valence-corrected chi connectivity index (χ3v) is 5.15. The van der Waals surface area contributed by atoms with Gasteiger partial charge in [-0.05, 0) is 55.2 Å². The number of hydrogen-bond acceptors (Lipinski definition) is 3. The molecule has 0 aliphatic heterocycles. The molecule has 1 atom stereocenters. The minimum atomic E-state index is -3.87. The average Bonchev–Trinajstić information content (AvgIpc) is 2.54. The predicted molar refractivity (Wildman–Crippen MR) is 91.9 cm³/mol. The molecule has 0 heterocycles. The van der Waals surface area contributed by atoms with Crippen LogP contribution in [0.1, 0.15) is 36.4 Å². The summed E-state index contributed by atoms with van der Waals surface area (Å²) in [6, 6.07) is 11.0. The summed E-state index contributed by atoms with van der Waals surface area (Å²) in [7, 11) is -3.87. The molecule has 0 spiro atoms. The van der Waals surface area contributed by atoms with Crippen LogP contribution in [0.5, 0.6) is 0 Å². The fourth-order valence-electron chi connectivity index (χ4n) is 2.43. The molecule has 1 unspecified atom stereocenters. The minimum Gasteiger partial charge on any atom is -0.481 e. The van der Waals surface area contributed by atoms with Crippen LogP contribution in [-0.2, 0) is 14.8 Å². The second kappa shape index (κ2) is 8.22. The van der Waals surface area contributed by atoms with Crippen LogP contribution in [0.2, 0.25) is 0 Å². The number of halogens is 1. The number of sulfonamides is 1. The average molecular weight is 364 g/mol. The van der Waals surface area contributed by atoms with Crippen LogP contribution in [0.15, 0.2) is 53.4 Å². The highest BCUT2D eigenvalue weighted by atomic mass is 32.2. The molecule has 0 fully saturated rings. The van der Waals surface area contributed by atoms with Gasteiger partial charge in [0.1, 0.15) is 5.82 Å². The van der Waals surface area contributed by atoms with Gasteiger partial charge in [0.25, 0.3) is 0 Å². The lowest BCUT2D eigenvalue weighted by molar-refractivity contribution is -0.137. The van der Waals surface area contributed by atoms with E-state index < -0.39 is 27.9 Å². The Labute approximate surface area is 146 Å². The van der Waals surface area contributed by atoms with Gasteiger partial charge in [-0.25, -0.2) is 17.5 Å². The molecule has 5 nitrogen and oxygen atoms in total. The van der Waals surface area contributed by atoms with Crippen molar-refractivity contribution >= 4 is 16.0 Å². The molecule has 2 aromatic rings. The molecule has 2 aromatic carbocycles. The van der Waals surface area contributed by atoms with Crippen molar-refractivity contribution in [1.82, 2.24) is 4.72 Å². The quantitative estimate of drug-likeness (QED) is 0.753. The van der Waals surface area contributed by atoms with Gasteiger partial charge in [-0.3, -0.25) is 4.79 Å². The number of carbonyl (C=O) groups is 1. The first-order valence-electron chi connectivity index (χ1n) is 7.69. The maximum Gasteiger partial charge on any atom is 0.303 e. The Hall–Kier alpha value is -2.25. The van der Waals surface area contributed by atoms with Crippen LogP contribution in [0.3, 0.4) is 0 Å². The summed E-state index contributed by atoms with van der Waals surface area (Å²) in [6.07, 6.45) is 0.572. The van der Waals surface area contributed by atoms with E-state index in [-0.39, 0.29) is 11.3 Å². The Morgan fingerprint density at radius 3 is 2.48 bits per heavy atom. The lowest BCUT2D eigenvalue weighted by Gasteiger charge is -2.19. The fraction of sp³-hybridized carbons (Fsp3) is 0.222. The second-order valence-electron chi connectivity index (χ2n) is 5.66. The van der Waals surface area contributed by atoms with Crippen LogP contribution in [0.4, 0.5) is 4.39 Å². The van der Waals surface area contributed by atoms with Gasteiger partial charge in [-0.2, -0.15) is 0 Å². The smallest absolute Gasteiger partial charge is 0.303 e. The van der Waals surface area contributed by atoms with Gasteiger partial charge in [-0.15, -0.1) is 0 Å². The Bertz CT molecular complexity index is 834. The monoisotopic (exact) mass is 364 g/mol. The summed E-state index contributed by atoms with van der Waals surface area (Å²) in [4.78, 5) is 10.7. The number of carboxylic acid groups (broad SMARTS) is 1.